The topological polar surface area (TPSA) is 64.6 Å². The summed E-state index contributed by atoms with van der Waals surface area (Å²) in [6, 6.07) is 0. The minimum absolute atomic E-state index is 0.364. The van der Waals surface area contributed by atoms with Gasteiger partial charge in [-0.2, -0.15) is 0 Å². The van der Waals surface area contributed by atoms with Gasteiger partial charge in [0.05, 0.1) is 7.11 Å². The van der Waals surface area contributed by atoms with Crippen molar-refractivity contribution in [2.24, 2.45) is 0 Å². The molecule has 5 heteroatoms. The molecule has 1 aliphatic rings. The molecule has 1 amide bonds. The minimum Gasteiger partial charge on any atom is -0.467 e. The standard InChI is InChI=1S/C14H21NO4/c1-6-10-7-8-14(9-10,11(16)18-5)15-12(17)19-13(2,3)4/h6-7H,1,8-9H2,2-5H3,(H,15,17). The Bertz CT molecular complexity index is 420. The molecule has 0 aromatic heterocycles. The van der Waals surface area contributed by atoms with Crippen molar-refractivity contribution in [3.63, 3.8) is 0 Å². The Morgan fingerprint density at radius 2 is 2.11 bits per heavy atom. The highest BCUT2D eigenvalue weighted by Crippen LogP contribution is 2.31. The van der Waals surface area contributed by atoms with Crippen LogP contribution in [0.3, 0.4) is 0 Å². The molecule has 0 aromatic carbocycles. The average Bonchev–Trinajstić information content (AvgIpc) is 2.70. The normalized spacial score (nSPS) is 22.4. The summed E-state index contributed by atoms with van der Waals surface area (Å²) in [5.74, 6) is -0.480. The third-order valence-corrected chi connectivity index (χ3v) is 2.80. The SMILES string of the molecule is C=CC1=CCC(NC(=O)OC(C)(C)C)(C(=O)OC)C1. The molecule has 1 aliphatic carbocycles. The Kier molecular flexibility index (Phi) is 4.39. The molecule has 0 bridgehead atoms. The fourth-order valence-electron chi connectivity index (χ4n) is 1.95. The van der Waals surface area contributed by atoms with E-state index < -0.39 is 23.2 Å². The maximum atomic E-state index is 11.9. The first kappa shape index (κ1) is 15.3. The highest BCUT2D eigenvalue weighted by Gasteiger charge is 2.44. The summed E-state index contributed by atoms with van der Waals surface area (Å²) < 4.78 is 9.97. The molecule has 0 saturated heterocycles. The second-order valence-corrected chi connectivity index (χ2v) is 5.56. The summed E-state index contributed by atoms with van der Waals surface area (Å²) in [6.45, 7) is 8.96. The number of methoxy groups -OCH3 is 1. The van der Waals surface area contributed by atoms with Crippen molar-refractivity contribution in [3.8, 4) is 0 Å². The molecular weight excluding hydrogens is 246 g/mol. The number of allylic oxidation sites excluding steroid dienone is 1. The van der Waals surface area contributed by atoms with Gasteiger partial charge in [0.1, 0.15) is 11.1 Å². The van der Waals surface area contributed by atoms with Crippen LogP contribution in [-0.4, -0.2) is 30.3 Å². The Labute approximate surface area is 113 Å². The van der Waals surface area contributed by atoms with Crippen LogP contribution in [0.15, 0.2) is 24.3 Å². The average molecular weight is 267 g/mol. The molecule has 0 radical (unpaired) electrons. The number of amides is 1. The molecule has 0 aliphatic heterocycles. The van der Waals surface area contributed by atoms with Crippen molar-refractivity contribution >= 4 is 12.1 Å². The number of carbonyl (C=O) groups excluding carboxylic acids is 2. The van der Waals surface area contributed by atoms with Crippen LogP contribution in [0.1, 0.15) is 33.6 Å². The first-order valence-corrected chi connectivity index (χ1v) is 6.13. The predicted octanol–water partition coefficient (Wildman–Crippen LogP) is 2.33. The van der Waals surface area contributed by atoms with Crippen LogP contribution in [0.25, 0.3) is 0 Å². The van der Waals surface area contributed by atoms with Gasteiger partial charge >= 0.3 is 12.1 Å². The molecule has 0 fully saturated rings. The van der Waals surface area contributed by atoms with Crippen LogP contribution in [0.2, 0.25) is 0 Å². The summed E-state index contributed by atoms with van der Waals surface area (Å²) >= 11 is 0. The maximum Gasteiger partial charge on any atom is 0.408 e. The second-order valence-electron chi connectivity index (χ2n) is 5.56. The van der Waals surface area contributed by atoms with Gasteiger partial charge < -0.3 is 14.8 Å². The number of nitrogens with one attached hydrogen (secondary N) is 1. The van der Waals surface area contributed by atoms with Gasteiger partial charge in [-0.1, -0.05) is 18.7 Å². The molecule has 0 saturated carbocycles. The van der Waals surface area contributed by atoms with Gasteiger partial charge in [0.15, 0.2) is 0 Å². The van der Waals surface area contributed by atoms with Crippen LogP contribution in [0.5, 0.6) is 0 Å². The zero-order valence-corrected chi connectivity index (χ0v) is 11.9. The van der Waals surface area contributed by atoms with E-state index in [1.54, 1.807) is 26.8 Å². The molecule has 106 valence electrons. The summed E-state index contributed by atoms with van der Waals surface area (Å²) in [5, 5.41) is 2.63. The number of ether oxygens (including phenoxy) is 2. The zero-order valence-electron chi connectivity index (χ0n) is 11.9. The van der Waals surface area contributed by atoms with E-state index in [9.17, 15) is 9.59 Å². The van der Waals surface area contributed by atoms with Gasteiger partial charge in [0.2, 0.25) is 0 Å². The quantitative estimate of drug-likeness (QED) is 0.797. The third-order valence-electron chi connectivity index (χ3n) is 2.80. The fraction of sp³-hybridized carbons (Fsp3) is 0.571. The Morgan fingerprint density at radius 1 is 1.47 bits per heavy atom. The van der Waals surface area contributed by atoms with E-state index in [1.807, 2.05) is 6.08 Å². The summed E-state index contributed by atoms with van der Waals surface area (Å²) in [7, 11) is 1.30. The molecular formula is C14H21NO4. The second kappa shape index (κ2) is 5.47. The van der Waals surface area contributed by atoms with E-state index in [1.165, 1.54) is 7.11 Å². The number of hydrogen-bond donors (Lipinski definition) is 1. The lowest BCUT2D eigenvalue weighted by Gasteiger charge is -2.29. The van der Waals surface area contributed by atoms with Gasteiger partial charge in [0.25, 0.3) is 0 Å². The van der Waals surface area contributed by atoms with Gasteiger partial charge in [-0.05, 0) is 26.3 Å². The molecule has 1 rings (SSSR count). The summed E-state index contributed by atoms with van der Waals surface area (Å²) in [4.78, 5) is 23.8. The third kappa shape index (κ3) is 3.84. The molecule has 0 heterocycles. The van der Waals surface area contributed by atoms with Gasteiger partial charge in [-0.3, -0.25) is 0 Å². The first-order valence-electron chi connectivity index (χ1n) is 6.13. The van der Waals surface area contributed by atoms with E-state index in [2.05, 4.69) is 11.9 Å². The van der Waals surface area contributed by atoms with Crippen LogP contribution in [0, 0.1) is 0 Å². The van der Waals surface area contributed by atoms with Crippen molar-refractivity contribution in [2.75, 3.05) is 7.11 Å². The lowest BCUT2D eigenvalue weighted by molar-refractivity contribution is -0.148. The van der Waals surface area contributed by atoms with E-state index in [-0.39, 0.29) is 0 Å². The Morgan fingerprint density at radius 3 is 2.53 bits per heavy atom. The van der Waals surface area contributed by atoms with Crippen molar-refractivity contribution in [2.45, 2.75) is 44.8 Å². The molecule has 1 atom stereocenters. The number of carbonyl (C=O) groups is 2. The van der Waals surface area contributed by atoms with Crippen LogP contribution in [-0.2, 0) is 14.3 Å². The minimum atomic E-state index is -1.08. The predicted molar refractivity (Wildman–Crippen MR) is 71.6 cm³/mol. The van der Waals surface area contributed by atoms with E-state index in [4.69, 9.17) is 9.47 Å². The van der Waals surface area contributed by atoms with Gasteiger partial charge in [-0.25, -0.2) is 9.59 Å². The number of hydrogen-bond acceptors (Lipinski definition) is 4. The first-order chi connectivity index (χ1) is 8.72. The van der Waals surface area contributed by atoms with Gasteiger partial charge in [0, 0.05) is 12.8 Å². The largest absolute Gasteiger partial charge is 0.467 e. The molecule has 0 aromatic rings. The highest BCUT2D eigenvalue weighted by molar-refractivity contribution is 5.87. The molecule has 5 nitrogen and oxygen atoms in total. The molecule has 1 unspecified atom stereocenters. The smallest absolute Gasteiger partial charge is 0.408 e. The fourth-order valence-corrected chi connectivity index (χ4v) is 1.95. The number of esters is 1. The molecule has 0 spiro atoms. The van der Waals surface area contributed by atoms with E-state index in [0.29, 0.717) is 12.8 Å². The van der Waals surface area contributed by atoms with Crippen molar-refractivity contribution in [3.05, 3.63) is 24.3 Å². The summed E-state index contributed by atoms with van der Waals surface area (Å²) in [6.07, 6.45) is 3.64. The monoisotopic (exact) mass is 267 g/mol. The Hall–Kier alpha value is -1.78. The zero-order chi connectivity index (χ0) is 14.7. The highest BCUT2D eigenvalue weighted by atomic mass is 16.6. The maximum absolute atomic E-state index is 11.9. The van der Waals surface area contributed by atoms with Crippen molar-refractivity contribution in [1.82, 2.24) is 5.32 Å². The van der Waals surface area contributed by atoms with Crippen LogP contribution in [0.4, 0.5) is 4.79 Å². The molecule has 19 heavy (non-hydrogen) atoms. The lowest BCUT2D eigenvalue weighted by Crippen LogP contribution is -2.54. The number of alkyl carbamates (subject to hydrolysis) is 1. The molecule has 1 N–H and O–H groups in total. The van der Waals surface area contributed by atoms with Crippen LogP contribution < -0.4 is 5.32 Å². The van der Waals surface area contributed by atoms with E-state index >= 15 is 0 Å². The van der Waals surface area contributed by atoms with Crippen LogP contribution >= 0.6 is 0 Å². The van der Waals surface area contributed by atoms with Crippen molar-refractivity contribution in [1.29, 1.82) is 0 Å². The number of rotatable bonds is 3. The lowest BCUT2D eigenvalue weighted by atomic mass is 9.95. The van der Waals surface area contributed by atoms with Gasteiger partial charge in [-0.15, -0.1) is 0 Å². The summed E-state index contributed by atoms with van der Waals surface area (Å²) in [5.41, 5.74) is -0.795. The van der Waals surface area contributed by atoms with Crippen molar-refractivity contribution < 1.29 is 19.1 Å². The Balaban J connectivity index is 2.81. The van der Waals surface area contributed by atoms with E-state index in [0.717, 1.165) is 5.57 Å².